The molecule has 2 aromatic carbocycles. The molecule has 0 radical (unpaired) electrons. The molecule has 1 N–H and O–H groups in total. The Labute approximate surface area is 234 Å². The molecule has 2 fully saturated rings. The Hall–Kier alpha value is -4.26. The van der Waals surface area contributed by atoms with Crippen LogP contribution in [0.25, 0.3) is 16.3 Å². The Kier molecular flexibility index (Phi) is 7.83. The maximum Gasteiger partial charge on any atom is 0.272 e. The first kappa shape index (κ1) is 27.3. The van der Waals surface area contributed by atoms with Crippen molar-refractivity contribution in [3.63, 3.8) is 0 Å². The van der Waals surface area contributed by atoms with Gasteiger partial charge in [-0.1, -0.05) is 60.7 Å². The quantitative estimate of drug-likeness (QED) is 0.355. The van der Waals surface area contributed by atoms with Crippen LogP contribution >= 0.6 is 0 Å². The lowest BCUT2D eigenvalue weighted by Crippen LogP contribution is -2.43. The Bertz CT molecular complexity index is 1600. The van der Waals surface area contributed by atoms with Crippen molar-refractivity contribution in [3.05, 3.63) is 106 Å². The molecule has 7 nitrogen and oxygen atoms in total. The van der Waals surface area contributed by atoms with Gasteiger partial charge in [-0.25, -0.2) is 5.10 Å². The van der Waals surface area contributed by atoms with E-state index in [1.807, 2.05) is 85.2 Å². The lowest BCUT2D eigenvalue weighted by Gasteiger charge is -2.34. The predicted molar refractivity (Wildman–Crippen MR) is 159 cm³/mol. The molecule has 0 spiro atoms. The number of hydrogen-bond donors (Lipinski definition) is 1. The molecule has 3 heterocycles. The molecule has 2 amide bonds. The van der Waals surface area contributed by atoms with Crippen LogP contribution in [0, 0.1) is 11.8 Å². The van der Waals surface area contributed by atoms with Gasteiger partial charge in [0.05, 0.1) is 11.1 Å². The third-order valence-corrected chi connectivity index (χ3v) is 8.20. The number of amides is 2. The van der Waals surface area contributed by atoms with E-state index in [4.69, 9.17) is 0 Å². The molecule has 0 saturated carbocycles. The number of nitrogens with zero attached hydrogens (tertiary/aromatic N) is 3. The van der Waals surface area contributed by atoms with Crippen molar-refractivity contribution in [2.45, 2.75) is 33.6 Å². The highest BCUT2D eigenvalue weighted by molar-refractivity contribution is 5.99. The lowest BCUT2D eigenvalue weighted by molar-refractivity contribution is -0.128. The molecule has 0 aliphatic carbocycles. The average Bonchev–Trinajstić information content (AvgIpc) is 3.40. The fourth-order valence-corrected chi connectivity index (χ4v) is 6.09. The van der Waals surface area contributed by atoms with Crippen molar-refractivity contribution in [1.29, 1.82) is 0 Å². The van der Waals surface area contributed by atoms with Gasteiger partial charge in [0, 0.05) is 49.1 Å². The number of nitrogens with one attached hydrogen (secondary N) is 1. The maximum absolute atomic E-state index is 14.0. The lowest BCUT2D eigenvalue weighted by atomic mass is 9.88. The molecule has 2 saturated heterocycles. The zero-order chi connectivity index (χ0) is 28.4. The van der Waals surface area contributed by atoms with Crippen LogP contribution in [-0.4, -0.2) is 58.0 Å². The number of benzene rings is 2. The van der Waals surface area contributed by atoms with Gasteiger partial charge >= 0.3 is 0 Å². The van der Waals surface area contributed by atoms with E-state index in [1.54, 1.807) is 6.07 Å². The van der Waals surface area contributed by atoms with Crippen LogP contribution < -0.4 is 5.56 Å². The number of H-pyrrole nitrogens is 1. The minimum atomic E-state index is -0.215. The average molecular weight is 537 g/mol. The van der Waals surface area contributed by atoms with Crippen LogP contribution in [0.2, 0.25) is 0 Å². The van der Waals surface area contributed by atoms with E-state index >= 15 is 0 Å². The van der Waals surface area contributed by atoms with Gasteiger partial charge in [-0.3, -0.25) is 14.4 Å². The van der Waals surface area contributed by atoms with Gasteiger partial charge in [0.2, 0.25) is 0 Å². The summed E-state index contributed by atoms with van der Waals surface area (Å²) in [5, 5.41) is 8.33. The Morgan fingerprint density at radius 1 is 1.02 bits per heavy atom. The van der Waals surface area contributed by atoms with E-state index in [1.165, 1.54) is 0 Å². The first-order valence-corrected chi connectivity index (χ1v) is 13.9. The molecule has 2 aliphatic rings. The summed E-state index contributed by atoms with van der Waals surface area (Å²) in [6.45, 7) is 12.5. The third-order valence-electron chi connectivity index (χ3n) is 8.20. The summed E-state index contributed by atoms with van der Waals surface area (Å²) in [4.78, 5) is 43.1. The van der Waals surface area contributed by atoms with Crippen molar-refractivity contribution >= 4 is 28.2 Å². The Morgan fingerprint density at radius 3 is 2.48 bits per heavy atom. The minimum Gasteiger partial charge on any atom is -0.338 e. The SMILES string of the molecule is C=C(C)c1ccc(Cc2n[nH]c(=O)c3ccccc23)cc1C(=O)N1CC2CCN(C(=O)C(C=CC)=CC)CC2C1. The van der Waals surface area contributed by atoms with Gasteiger partial charge in [-0.05, 0) is 62.3 Å². The highest BCUT2D eigenvalue weighted by Crippen LogP contribution is 2.34. The molecule has 5 rings (SSSR count). The van der Waals surface area contributed by atoms with Crippen LogP contribution in [0.15, 0.2) is 77.6 Å². The van der Waals surface area contributed by atoms with Crippen LogP contribution in [0.5, 0.6) is 0 Å². The second kappa shape index (κ2) is 11.5. The van der Waals surface area contributed by atoms with E-state index in [-0.39, 0.29) is 23.3 Å². The number of allylic oxidation sites excluding steroid dienone is 3. The van der Waals surface area contributed by atoms with Gasteiger partial charge in [0.1, 0.15) is 0 Å². The molecule has 206 valence electrons. The first-order chi connectivity index (χ1) is 19.3. The maximum atomic E-state index is 14.0. The summed E-state index contributed by atoms with van der Waals surface area (Å²) in [5.74, 6) is 0.703. The number of aromatic nitrogens is 2. The molecule has 3 aromatic rings. The highest BCUT2D eigenvalue weighted by atomic mass is 16.2. The number of likely N-dealkylation sites (tertiary alicyclic amines) is 2. The zero-order valence-corrected chi connectivity index (χ0v) is 23.4. The molecule has 2 unspecified atom stereocenters. The standard InChI is InChI=1S/C33H36N4O3/c1-5-9-23(6-2)32(39)36-15-14-24-18-37(20-25(24)19-36)33(40)29-16-22(12-13-26(29)21(3)4)17-30-27-10-7-8-11-28(27)31(38)35-34-30/h5-13,16,24-25H,3,14-15,17-20H2,1-2,4H3,(H,35,38). The molecular formula is C33H36N4O3. The van der Waals surface area contributed by atoms with Crippen molar-refractivity contribution in [2.75, 3.05) is 26.2 Å². The van der Waals surface area contributed by atoms with Crippen LogP contribution in [0.1, 0.15) is 54.4 Å². The van der Waals surface area contributed by atoms with E-state index in [2.05, 4.69) is 16.8 Å². The summed E-state index contributed by atoms with van der Waals surface area (Å²) in [5.41, 5.74) is 4.49. The van der Waals surface area contributed by atoms with Crippen molar-refractivity contribution < 1.29 is 9.59 Å². The van der Waals surface area contributed by atoms with E-state index < -0.39 is 0 Å². The summed E-state index contributed by atoms with van der Waals surface area (Å²) in [6, 6.07) is 13.3. The number of piperidine rings is 1. The summed E-state index contributed by atoms with van der Waals surface area (Å²) < 4.78 is 0. The van der Waals surface area contributed by atoms with E-state index in [0.29, 0.717) is 55.0 Å². The fourth-order valence-electron chi connectivity index (χ4n) is 6.09. The Morgan fingerprint density at radius 2 is 1.75 bits per heavy atom. The van der Waals surface area contributed by atoms with Crippen molar-refractivity contribution in [3.8, 4) is 0 Å². The van der Waals surface area contributed by atoms with Crippen molar-refractivity contribution in [2.24, 2.45) is 11.8 Å². The minimum absolute atomic E-state index is 0.00512. The molecule has 2 atom stereocenters. The van der Waals surface area contributed by atoms with Gasteiger partial charge in [-0.2, -0.15) is 5.10 Å². The van der Waals surface area contributed by atoms with Crippen LogP contribution in [0.3, 0.4) is 0 Å². The number of carbonyl (C=O) groups excluding carboxylic acids is 2. The van der Waals surface area contributed by atoms with Gasteiger partial charge in [-0.15, -0.1) is 0 Å². The first-order valence-electron chi connectivity index (χ1n) is 13.9. The zero-order valence-electron chi connectivity index (χ0n) is 23.4. The third kappa shape index (κ3) is 5.28. The van der Waals surface area contributed by atoms with E-state index in [9.17, 15) is 14.4 Å². The number of rotatable bonds is 6. The number of carbonyl (C=O) groups is 2. The van der Waals surface area contributed by atoms with Gasteiger partial charge in [0.25, 0.3) is 17.4 Å². The fraction of sp³-hybridized carbons (Fsp3) is 0.333. The van der Waals surface area contributed by atoms with Crippen LogP contribution in [-0.2, 0) is 11.2 Å². The molecule has 40 heavy (non-hydrogen) atoms. The predicted octanol–water partition coefficient (Wildman–Crippen LogP) is 4.99. The number of hydrogen-bond acceptors (Lipinski definition) is 4. The Balaban J connectivity index is 1.37. The molecule has 2 aliphatic heterocycles. The van der Waals surface area contributed by atoms with Gasteiger partial charge < -0.3 is 9.80 Å². The highest BCUT2D eigenvalue weighted by Gasteiger charge is 2.40. The van der Waals surface area contributed by atoms with Gasteiger partial charge in [0.15, 0.2) is 0 Å². The number of aromatic amines is 1. The van der Waals surface area contributed by atoms with E-state index in [0.717, 1.165) is 34.2 Å². The summed E-state index contributed by atoms with van der Waals surface area (Å²) in [7, 11) is 0. The molecular weight excluding hydrogens is 500 g/mol. The molecule has 0 bridgehead atoms. The number of fused-ring (bicyclic) bond motifs is 2. The monoisotopic (exact) mass is 536 g/mol. The molecule has 1 aromatic heterocycles. The summed E-state index contributed by atoms with van der Waals surface area (Å²) >= 11 is 0. The molecule has 7 heteroatoms. The topological polar surface area (TPSA) is 86.4 Å². The smallest absolute Gasteiger partial charge is 0.272 e. The second-order valence-electron chi connectivity index (χ2n) is 10.9. The largest absolute Gasteiger partial charge is 0.338 e. The summed E-state index contributed by atoms with van der Waals surface area (Å²) in [6.07, 6.45) is 6.98. The van der Waals surface area contributed by atoms with Crippen LogP contribution in [0.4, 0.5) is 0 Å². The second-order valence-corrected chi connectivity index (χ2v) is 10.9. The van der Waals surface area contributed by atoms with Crippen molar-refractivity contribution in [1.82, 2.24) is 20.0 Å². The normalized spacial score (nSPS) is 19.3.